The molecule has 2 aromatic carbocycles. The molecule has 0 atom stereocenters. The SMILES string of the molecule is Cc1cccc(CC2(N(C)C)CCC(NC(=O)CCC(=O)N3CCN(Cc4c(Cl)cccc4Cl)CC3)CC2)c1. The van der Waals surface area contributed by atoms with Gasteiger partial charge in [0.05, 0.1) is 0 Å². The number of nitrogens with one attached hydrogen (secondary N) is 1. The summed E-state index contributed by atoms with van der Waals surface area (Å²) in [5.41, 5.74) is 3.71. The zero-order chi connectivity index (χ0) is 28.0. The number of likely N-dealkylation sites (N-methyl/N-ethyl adjacent to an activating group) is 1. The Balaban J connectivity index is 1.18. The van der Waals surface area contributed by atoms with Gasteiger partial charge in [0.15, 0.2) is 0 Å². The highest BCUT2D eigenvalue weighted by atomic mass is 35.5. The van der Waals surface area contributed by atoms with Crippen LogP contribution in [0.15, 0.2) is 42.5 Å². The van der Waals surface area contributed by atoms with E-state index in [-0.39, 0.29) is 36.2 Å². The van der Waals surface area contributed by atoms with Crippen LogP contribution in [0.5, 0.6) is 0 Å². The summed E-state index contributed by atoms with van der Waals surface area (Å²) in [6.45, 7) is 5.64. The largest absolute Gasteiger partial charge is 0.353 e. The molecule has 1 saturated carbocycles. The third-order valence-electron chi connectivity index (χ3n) is 8.58. The van der Waals surface area contributed by atoms with E-state index in [4.69, 9.17) is 23.2 Å². The standard InChI is InChI=1S/C31H42Cl2N4O2/c1-23-6-4-7-24(20-23)21-31(35(2)3)14-12-25(13-15-31)34-29(38)10-11-30(39)37-18-16-36(17-19-37)22-26-27(32)8-5-9-28(26)33/h4-9,20,25H,10-19,21-22H2,1-3H3,(H,34,38). The molecule has 0 aromatic heterocycles. The summed E-state index contributed by atoms with van der Waals surface area (Å²) in [6, 6.07) is 14.5. The second kappa shape index (κ2) is 13.5. The van der Waals surface area contributed by atoms with Crippen LogP contribution >= 0.6 is 23.2 Å². The van der Waals surface area contributed by atoms with E-state index in [0.717, 1.165) is 50.8 Å². The van der Waals surface area contributed by atoms with E-state index < -0.39 is 0 Å². The van der Waals surface area contributed by atoms with Gasteiger partial charge in [0.1, 0.15) is 0 Å². The fourth-order valence-corrected chi connectivity index (χ4v) is 6.54. The molecule has 8 heteroatoms. The number of halogens is 2. The molecule has 212 valence electrons. The molecule has 2 aliphatic rings. The Morgan fingerprint density at radius 2 is 1.62 bits per heavy atom. The van der Waals surface area contributed by atoms with Crippen LogP contribution in [0.1, 0.15) is 55.2 Å². The zero-order valence-corrected chi connectivity index (χ0v) is 25.0. The van der Waals surface area contributed by atoms with Crippen LogP contribution < -0.4 is 5.32 Å². The molecule has 0 spiro atoms. The van der Waals surface area contributed by atoms with Crippen molar-refractivity contribution in [3.05, 3.63) is 69.2 Å². The Morgan fingerprint density at radius 1 is 0.974 bits per heavy atom. The maximum absolute atomic E-state index is 12.8. The van der Waals surface area contributed by atoms with Crippen molar-refractivity contribution in [1.29, 1.82) is 0 Å². The molecule has 0 bridgehead atoms. The smallest absolute Gasteiger partial charge is 0.223 e. The summed E-state index contributed by atoms with van der Waals surface area (Å²) in [7, 11) is 4.35. The second-order valence-corrected chi connectivity index (χ2v) is 12.3. The molecule has 1 heterocycles. The molecule has 4 rings (SSSR count). The van der Waals surface area contributed by atoms with Crippen molar-refractivity contribution in [1.82, 2.24) is 20.0 Å². The minimum atomic E-state index is -0.0172. The van der Waals surface area contributed by atoms with Crippen LogP contribution in [0.25, 0.3) is 0 Å². The molecular weight excluding hydrogens is 531 g/mol. The normalized spacial score (nSPS) is 22.2. The van der Waals surface area contributed by atoms with Crippen LogP contribution in [-0.2, 0) is 22.6 Å². The quantitative estimate of drug-likeness (QED) is 0.441. The van der Waals surface area contributed by atoms with Gasteiger partial charge in [-0.3, -0.25) is 14.5 Å². The number of hydrogen-bond acceptors (Lipinski definition) is 4. The van der Waals surface area contributed by atoms with E-state index in [0.29, 0.717) is 29.7 Å². The molecule has 2 amide bonds. The summed E-state index contributed by atoms with van der Waals surface area (Å²) in [4.78, 5) is 32.0. The van der Waals surface area contributed by atoms with Crippen molar-refractivity contribution in [3.8, 4) is 0 Å². The van der Waals surface area contributed by atoms with Gasteiger partial charge in [-0.1, -0.05) is 59.1 Å². The van der Waals surface area contributed by atoms with Gasteiger partial charge in [-0.25, -0.2) is 0 Å². The molecule has 39 heavy (non-hydrogen) atoms. The van der Waals surface area contributed by atoms with E-state index >= 15 is 0 Å². The molecule has 1 saturated heterocycles. The van der Waals surface area contributed by atoms with Gasteiger partial charge in [0, 0.05) is 72.8 Å². The van der Waals surface area contributed by atoms with Gasteiger partial charge in [0.25, 0.3) is 0 Å². The fourth-order valence-electron chi connectivity index (χ4n) is 6.02. The lowest BCUT2D eigenvalue weighted by molar-refractivity contribution is -0.135. The number of piperazine rings is 1. The van der Waals surface area contributed by atoms with Crippen molar-refractivity contribution in [2.75, 3.05) is 40.3 Å². The lowest BCUT2D eigenvalue weighted by Gasteiger charge is -2.45. The first-order chi connectivity index (χ1) is 18.6. The van der Waals surface area contributed by atoms with Crippen LogP contribution in [0.3, 0.4) is 0 Å². The van der Waals surface area contributed by atoms with Crippen molar-refractivity contribution in [2.45, 2.75) is 70.0 Å². The predicted molar refractivity (Wildman–Crippen MR) is 159 cm³/mol. The zero-order valence-electron chi connectivity index (χ0n) is 23.5. The highest BCUT2D eigenvalue weighted by molar-refractivity contribution is 6.35. The number of aryl methyl sites for hydroxylation is 1. The summed E-state index contributed by atoms with van der Waals surface area (Å²) < 4.78 is 0. The Labute approximate surface area is 243 Å². The minimum Gasteiger partial charge on any atom is -0.353 e. The number of hydrogen-bond donors (Lipinski definition) is 1. The summed E-state index contributed by atoms with van der Waals surface area (Å²) in [5, 5.41) is 4.55. The number of amides is 2. The Bertz CT molecular complexity index is 1120. The molecule has 2 aromatic rings. The molecule has 1 N–H and O–H groups in total. The first-order valence-corrected chi connectivity index (χ1v) is 14.9. The number of benzene rings is 2. The lowest BCUT2D eigenvalue weighted by Crippen LogP contribution is -2.52. The van der Waals surface area contributed by atoms with Crippen molar-refractivity contribution < 1.29 is 9.59 Å². The van der Waals surface area contributed by atoms with Gasteiger partial charge in [-0.15, -0.1) is 0 Å². The van der Waals surface area contributed by atoms with Crippen LogP contribution in [0, 0.1) is 6.92 Å². The number of carbonyl (C=O) groups is 2. The van der Waals surface area contributed by atoms with E-state index in [1.807, 2.05) is 23.1 Å². The monoisotopic (exact) mass is 572 g/mol. The van der Waals surface area contributed by atoms with Gasteiger partial charge in [-0.2, -0.15) is 0 Å². The topological polar surface area (TPSA) is 55.9 Å². The Hall–Kier alpha value is -2.12. The van der Waals surface area contributed by atoms with Gasteiger partial charge >= 0.3 is 0 Å². The molecular formula is C31H42Cl2N4O2. The third kappa shape index (κ3) is 7.97. The first-order valence-electron chi connectivity index (χ1n) is 14.1. The third-order valence-corrected chi connectivity index (χ3v) is 9.29. The van der Waals surface area contributed by atoms with E-state index in [1.165, 1.54) is 11.1 Å². The maximum Gasteiger partial charge on any atom is 0.223 e. The molecule has 2 fully saturated rings. The molecule has 6 nitrogen and oxygen atoms in total. The number of nitrogens with zero attached hydrogens (tertiary/aromatic N) is 3. The Morgan fingerprint density at radius 3 is 2.23 bits per heavy atom. The van der Waals surface area contributed by atoms with Crippen molar-refractivity contribution >= 4 is 35.0 Å². The van der Waals surface area contributed by atoms with Gasteiger partial charge in [-0.05, 0) is 70.8 Å². The molecule has 1 aliphatic carbocycles. The Kier molecular flexibility index (Phi) is 10.3. The van der Waals surface area contributed by atoms with E-state index in [1.54, 1.807) is 0 Å². The van der Waals surface area contributed by atoms with E-state index in [2.05, 4.69) is 60.4 Å². The number of rotatable bonds is 9. The average Bonchev–Trinajstić information content (AvgIpc) is 2.91. The minimum absolute atomic E-state index is 0.0172. The van der Waals surface area contributed by atoms with Crippen molar-refractivity contribution in [3.63, 3.8) is 0 Å². The van der Waals surface area contributed by atoms with Gasteiger partial charge < -0.3 is 15.1 Å². The number of carbonyl (C=O) groups excluding carboxylic acids is 2. The van der Waals surface area contributed by atoms with Crippen LogP contribution in [0.2, 0.25) is 10.0 Å². The van der Waals surface area contributed by atoms with E-state index in [9.17, 15) is 9.59 Å². The highest BCUT2D eigenvalue weighted by Gasteiger charge is 2.37. The first kappa shape index (κ1) is 29.9. The molecule has 0 radical (unpaired) electrons. The highest BCUT2D eigenvalue weighted by Crippen LogP contribution is 2.35. The summed E-state index contributed by atoms with van der Waals surface area (Å²) >= 11 is 12.6. The summed E-state index contributed by atoms with van der Waals surface area (Å²) in [5.74, 6) is 0.0328. The second-order valence-electron chi connectivity index (χ2n) is 11.5. The van der Waals surface area contributed by atoms with Crippen LogP contribution in [-0.4, -0.2) is 78.4 Å². The average molecular weight is 574 g/mol. The molecule has 1 aliphatic heterocycles. The van der Waals surface area contributed by atoms with Crippen molar-refractivity contribution in [2.24, 2.45) is 0 Å². The predicted octanol–water partition coefficient (Wildman–Crippen LogP) is 5.33. The molecule has 0 unspecified atom stereocenters. The van der Waals surface area contributed by atoms with Crippen LogP contribution in [0.4, 0.5) is 0 Å². The summed E-state index contributed by atoms with van der Waals surface area (Å²) in [6.07, 6.45) is 5.53. The lowest BCUT2D eigenvalue weighted by atomic mass is 9.74. The fraction of sp³-hybridized carbons (Fsp3) is 0.548. The maximum atomic E-state index is 12.8. The van der Waals surface area contributed by atoms with Gasteiger partial charge in [0.2, 0.25) is 11.8 Å².